The number of hydrogen-bond donors (Lipinski definition) is 1. The van der Waals surface area contributed by atoms with Gasteiger partial charge in [-0.25, -0.2) is 12.8 Å². The van der Waals surface area contributed by atoms with Crippen molar-refractivity contribution >= 4 is 27.5 Å². The Balaban J connectivity index is 2.04. The molecule has 0 heterocycles. The molecule has 0 radical (unpaired) electrons. The Bertz CT molecular complexity index is 1410. The Morgan fingerprint density at radius 2 is 1.60 bits per heavy atom. The van der Waals surface area contributed by atoms with Crippen LogP contribution in [0.1, 0.15) is 38.3 Å². The Hall–Kier alpha value is -3.92. The lowest BCUT2D eigenvalue weighted by Crippen LogP contribution is -2.52. The zero-order valence-electron chi connectivity index (χ0n) is 23.4. The number of halogens is 1. The zero-order valence-corrected chi connectivity index (χ0v) is 24.2. The van der Waals surface area contributed by atoms with Crippen LogP contribution in [0.2, 0.25) is 0 Å². The molecule has 3 aromatic rings. The largest absolute Gasteiger partial charge is 0.497 e. The van der Waals surface area contributed by atoms with E-state index >= 15 is 0 Å². The normalized spacial score (nSPS) is 12.8. The Labute approximate surface area is 235 Å². The first-order valence-corrected chi connectivity index (χ1v) is 14.5. The maximum Gasteiger partial charge on any atom is 0.264 e. The van der Waals surface area contributed by atoms with Crippen molar-refractivity contribution in [3.05, 3.63) is 89.7 Å². The van der Waals surface area contributed by atoms with E-state index in [9.17, 15) is 22.4 Å². The van der Waals surface area contributed by atoms with E-state index in [4.69, 9.17) is 4.74 Å². The quantitative estimate of drug-likeness (QED) is 0.342. The molecule has 40 heavy (non-hydrogen) atoms. The van der Waals surface area contributed by atoms with Crippen LogP contribution in [0.25, 0.3) is 0 Å². The molecule has 0 aliphatic rings. The summed E-state index contributed by atoms with van der Waals surface area (Å²) in [4.78, 5) is 28.2. The second kappa shape index (κ2) is 13.4. The van der Waals surface area contributed by atoms with Crippen molar-refractivity contribution < 1.29 is 27.1 Å². The molecule has 0 saturated heterocycles. The van der Waals surface area contributed by atoms with Crippen molar-refractivity contribution in [2.75, 3.05) is 18.0 Å². The van der Waals surface area contributed by atoms with E-state index in [-0.39, 0.29) is 28.7 Å². The molecule has 2 atom stereocenters. The van der Waals surface area contributed by atoms with Crippen LogP contribution in [0, 0.1) is 12.7 Å². The molecule has 214 valence electrons. The molecular formula is C30H36FN3O5S. The summed E-state index contributed by atoms with van der Waals surface area (Å²) in [6.07, 6.45) is 0.680. The minimum atomic E-state index is -4.20. The lowest BCUT2D eigenvalue weighted by molar-refractivity contribution is -0.139. The van der Waals surface area contributed by atoms with E-state index in [1.54, 1.807) is 37.3 Å². The first-order chi connectivity index (χ1) is 19.0. The number of carbonyl (C=O) groups excluding carboxylic acids is 2. The summed E-state index contributed by atoms with van der Waals surface area (Å²) in [5.41, 5.74) is 1.32. The number of aryl methyl sites for hydroxylation is 1. The third kappa shape index (κ3) is 7.38. The van der Waals surface area contributed by atoms with E-state index in [2.05, 4.69) is 5.32 Å². The lowest BCUT2D eigenvalue weighted by atomic mass is 10.1. The molecule has 2 amide bonds. The van der Waals surface area contributed by atoms with Gasteiger partial charge in [-0.05, 0) is 69.7 Å². The predicted octanol–water partition coefficient (Wildman–Crippen LogP) is 4.67. The van der Waals surface area contributed by atoms with Crippen LogP contribution in [0.15, 0.2) is 77.7 Å². The van der Waals surface area contributed by atoms with Crippen molar-refractivity contribution in [2.45, 2.75) is 57.6 Å². The lowest BCUT2D eigenvalue weighted by Gasteiger charge is -2.32. The van der Waals surface area contributed by atoms with Crippen molar-refractivity contribution in [1.29, 1.82) is 0 Å². The Morgan fingerprint density at radius 3 is 2.17 bits per heavy atom. The summed E-state index contributed by atoms with van der Waals surface area (Å²) >= 11 is 0. The van der Waals surface area contributed by atoms with Crippen molar-refractivity contribution in [3.63, 3.8) is 0 Å². The molecule has 0 unspecified atom stereocenters. The highest BCUT2D eigenvalue weighted by Crippen LogP contribution is 2.27. The molecule has 3 aromatic carbocycles. The monoisotopic (exact) mass is 569 g/mol. The molecule has 0 saturated carbocycles. The van der Waals surface area contributed by atoms with Gasteiger partial charge in [0.2, 0.25) is 11.8 Å². The molecule has 0 aliphatic carbocycles. The van der Waals surface area contributed by atoms with Crippen LogP contribution in [0.3, 0.4) is 0 Å². The number of carbonyl (C=O) groups is 2. The summed E-state index contributed by atoms with van der Waals surface area (Å²) in [6, 6.07) is 17.4. The highest BCUT2D eigenvalue weighted by atomic mass is 32.2. The average molecular weight is 570 g/mol. The minimum Gasteiger partial charge on any atom is -0.497 e. The maximum atomic E-state index is 14.6. The molecule has 0 fully saturated rings. The summed E-state index contributed by atoms with van der Waals surface area (Å²) in [6.45, 7) is 6.31. The van der Waals surface area contributed by atoms with Crippen molar-refractivity contribution in [1.82, 2.24) is 10.2 Å². The van der Waals surface area contributed by atoms with Crippen LogP contribution in [0.5, 0.6) is 5.75 Å². The number of ether oxygens (including phenoxy) is 1. The summed E-state index contributed by atoms with van der Waals surface area (Å²) < 4.78 is 48.5. The molecule has 3 rings (SSSR count). The van der Waals surface area contributed by atoms with E-state index in [0.29, 0.717) is 12.2 Å². The number of benzene rings is 3. The first kappa shape index (κ1) is 30.6. The summed E-state index contributed by atoms with van der Waals surface area (Å²) in [5.74, 6) is -1.11. The van der Waals surface area contributed by atoms with Crippen LogP contribution in [-0.4, -0.2) is 50.9 Å². The molecule has 0 spiro atoms. The van der Waals surface area contributed by atoms with Crippen molar-refractivity contribution in [2.24, 2.45) is 0 Å². The number of nitrogens with zero attached hydrogens (tertiary/aromatic N) is 2. The number of methoxy groups -OCH3 is 1. The highest BCUT2D eigenvalue weighted by Gasteiger charge is 2.33. The number of sulfonamides is 1. The van der Waals surface area contributed by atoms with Gasteiger partial charge >= 0.3 is 0 Å². The van der Waals surface area contributed by atoms with Gasteiger partial charge in [-0.2, -0.15) is 0 Å². The van der Waals surface area contributed by atoms with Gasteiger partial charge in [-0.3, -0.25) is 13.9 Å². The third-order valence-corrected chi connectivity index (χ3v) is 8.50. The number of hydrogen-bond acceptors (Lipinski definition) is 5. The molecule has 8 nitrogen and oxygen atoms in total. The van der Waals surface area contributed by atoms with Crippen LogP contribution >= 0.6 is 0 Å². The minimum absolute atomic E-state index is 0.00457. The SMILES string of the molecule is CC[C@H](C)NC(=O)[C@H](C)N(Cc1ccccc1F)C(=O)CN(c1ccc(OC)cc1)S(=O)(=O)c1ccc(C)cc1. The molecule has 0 aromatic heterocycles. The summed E-state index contributed by atoms with van der Waals surface area (Å²) in [7, 11) is -2.71. The average Bonchev–Trinajstić information content (AvgIpc) is 2.95. The van der Waals surface area contributed by atoms with Gasteiger partial charge in [0.15, 0.2) is 0 Å². The van der Waals surface area contributed by atoms with Gasteiger partial charge in [0, 0.05) is 18.2 Å². The molecule has 1 N–H and O–H groups in total. The zero-order chi connectivity index (χ0) is 29.4. The standard InChI is InChI=1S/C30H36FN3O5S/c1-6-22(3)32-30(36)23(4)33(19-24-9-7-8-10-28(24)31)29(35)20-34(25-13-15-26(39-5)16-14-25)40(37,38)27-17-11-21(2)12-18-27/h7-18,22-23H,6,19-20H2,1-5H3,(H,32,36)/t22-,23-/m0/s1. The number of nitrogens with one attached hydrogen (secondary N) is 1. The van der Waals surface area contributed by atoms with E-state index in [1.807, 2.05) is 20.8 Å². The topological polar surface area (TPSA) is 96.0 Å². The fourth-order valence-corrected chi connectivity index (χ4v) is 5.39. The van der Waals surface area contributed by atoms with Gasteiger partial charge in [0.1, 0.15) is 24.2 Å². The fraction of sp³-hybridized carbons (Fsp3) is 0.333. The smallest absolute Gasteiger partial charge is 0.264 e. The van der Waals surface area contributed by atoms with E-state index < -0.39 is 40.2 Å². The highest BCUT2D eigenvalue weighted by molar-refractivity contribution is 7.92. The predicted molar refractivity (Wildman–Crippen MR) is 153 cm³/mol. The van der Waals surface area contributed by atoms with Crippen LogP contribution in [-0.2, 0) is 26.2 Å². The Kier molecular flexibility index (Phi) is 10.3. The Morgan fingerprint density at radius 1 is 0.975 bits per heavy atom. The van der Waals surface area contributed by atoms with E-state index in [1.165, 1.54) is 54.5 Å². The van der Waals surface area contributed by atoms with Gasteiger partial charge in [-0.1, -0.05) is 42.8 Å². The number of anilines is 1. The molecular weight excluding hydrogens is 533 g/mol. The second-order valence-corrected chi connectivity index (χ2v) is 11.5. The molecule has 0 aliphatic heterocycles. The first-order valence-electron chi connectivity index (χ1n) is 13.0. The molecule has 0 bridgehead atoms. The second-order valence-electron chi connectivity index (χ2n) is 9.63. The van der Waals surface area contributed by atoms with Gasteiger partial charge in [0.25, 0.3) is 10.0 Å². The third-order valence-electron chi connectivity index (χ3n) is 6.72. The van der Waals surface area contributed by atoms with Crippen LogP contribution in [0.4, 0.5) is 10.1 Å². The number of amides is 2. The van der Waals surface area contributed by atoms with Gasteiger partial charge in [0.05, 0.1) is 17.7 Å². The van der Waals surface area contributed by atoms with Gasteiger partial charge < -0.3 is 15.0 Å². The number of rotatable bonds is 12. The summed E-state index contributed by atoms with van der Waals surface area (Å²) in [5, 5.41) is 2.85. The van der Waals surface area contributed by atoms with Crippen molar-refractivity contribution in [3.8, 4) is 5.75 Å². The molecule has 10 heteroatoms. The fourth-order valence-electron chi connectivity index (χ4n) is 3.97. The van der Waals surface area contributed by atoms with Gasteiger partial charge in [-0.15, -0.1) is 0 Å². The van der Waals surface area contributed by atoms with Crippen LogP contribution < -0.4 is 14.4 Å². The van der Waals surface area contributed by atoms with E-state index in [0.717, 1.165) is 9.87 Å². The maximum absolute atomic E-state index is 14.6.